The fraction of sp³-hybridized carbons (Fsp3) is 0.667. The summed E-state index contributed by atoms with van der Waals surface area (Å²) in [6.45, 7) is 8.73. The molecule has 1 aliphatic carbocycles. The first-order chi connectivity index (χ1) is 8.85. The van der Waals surface area contributed by atoms with E-state index in [0.29, 0.717) is 0 Å². The van der Waals surface area contributed by atoms with E-state index in [2.05, 4.69) is 35.1 Å². The molecular weight excluding hydrogens is 222 g/mol. The summed E-state index contributed by atoms with van der Waals surface area (Å²) in [7, 11) is 0. The molecule has 0 amide bonds. The van der Waals surface area contributed by atoms with Crippen molar-refractivity contribution in [2.45, 2.75) is 39.7 Å². The van der Waals surface area contributed by atoms with Gasteiger partial charge in [-0.3, -0.25) is 4.98 Å². The summed E-state index contributed by atoms with van der Waals surface area (Å²) < 4.78 is 0. The molecular formula is C15H25N3. The van der Waals surface area contributed by atoms with Crippen LogP contribution in [0.25, 0.3) is 0 Å². The first kappa shape index (κ1) is 13.3. The van der Waals surface area contributed by atoms with E-state index in [-0.39, 0.29) is 0 Å². The zero-order valence-electron chi connectivity index (χ0n) is 11.7. The molecule has 0 bridgehead atoms. The lowest BCUT2D eigenvalue weighted by molar-refractivity contribution is 0.667. The smallest absolute Gasteiger partial charge is 0.0442 e. The van der Waals surface area contributed by atoms with Gasteiger partial charge >= 0.3 is 0 Å². The van der Waals surface area contributed by atoms with Gasteiger partial charge in [0.05, 0.1) is 0 Å². The van der Waals surface area contributed by atoms with Gasteiger partial charge in [0.15, 0.2) is 0 Å². The Balaban J connectivity index is 2.03. The van der Waals surface area contributed by atoms with Crippen LogP contribution >= 0.6 is 0 Å². The van der Waals surface area contributed by atoms with E-state index >= 15 is 0 Å². The highest BCUT2D eigenvalue weighted by molar-refractivity contribution is 5.52. The SMILES string of the molecule is CCCNCc1cnccc1N(CC)CC1CC1. The fourth-order valence-corrected chi connectivity index (χ4v) is 2.27. The standard InChI is InChI=1S/C15H25N3/c1-3-8-16-10-14-11-17-9-7-15(14)18(4-2)12-13-5-6-13/h7,9,11,13,16H,3-6,8,10,12H2,1-2H3. The molecule has 1 aromatic heterocycles. The Bertz CT molecular complexity index is 361. The molecule has 100 valence electrons. The molecule has 1 saturated carbocycles. The van der Waals surface area contributed by atoms with Gasteiger partial charge in [-0.05, 0) is 44.7 Å². The molecule has 0 atom stereocenters. The molecule has 1 N–H and O–H groups in total. The predicted molar refractivity (Wildman–Crippen MR) is 76.8 cm³/mol. The van der Waals surface area contributed by atoms with Crippen molar-refractivity contribution in [1.29, 1.82) is 0 Å². The summed E-state index contributed by atoms with van der Waals surface area (Å²) >= 11 is 0. The minimum Gasteiger partial charge on any atom is -0.371 e. The summed E-state index contributed by atoms with van der Waals surface area (Å²) in [5.74, 6) is 0.926. The molecule has 0 unspecified atom stereocenters. The second-order valence-corrected chi connectivity index (χ2v) is 5.16. The summed E-state index contributed by atoms with van der Waals surface area (Å²) in [6, 6.07) is 2.16. The largest absolute Gasteiger partial charge is 0.371 e. The van der Waals surface area contributed by atoms with Crippen LogP contribution in [0.3, 0.4) is 0 Å². The van der Waals surface area contributed by atoms with Crippen molar-refractivity contribution >= 4 is 5.69 Å². The summed E-state index contributed by atoms with van der Waals surface area (Å²) in [4.78, 5) is 6.77. The molecule has 1 fully saturated rings. The van der Waals surface area contributed by atoms with Crippen LogP contribution in [0.2, 0.25) is 0 Å². The number of anilines is 1. The Morgan fingerprint density at radius 1 is 1.39 bits per heavy atom. The van der Waals surface area contributed by atoms with E-state index in [1.54, 1.807) is 0 Å². The molecule has 0 radical (unpaired) electrons. The molecule has 3 heteroatoms. The molecule has 0 aromatic carbocycles. The lowest BCUT2D eigenvalue weighted by Gasteiger charge is -2.25. The normalized spacial score (nSPS) is 14.8. The van der Waals surface area contributed by atoms with Gasteiger partial charge in [-0.15, -0.1) is 0 Å². The van der Waals surface area contributed by atoms with Crippen LogP contribution in [0, 0.1) is 5.92 Å². The lowest BCUT2D eigenvalue weighted by atomic mass is 10.2. The van der Waals surface area contributed by atoms with Gasteiger partial charge in [0.25, 0.3) is 0 Å². The van der Waals surface area contributed by atoms with Crippen molar-refractivity contribution in [3.63, 3.8) is 0 Å². The van der Waals surface area contributed by atoms with Crippen LogP contribution in [-0.4, -0.2) is 24.6 Å². The molecule has 3 nitrogen and oxygen atoms in total. The van der Waals surface area contributed by atoms with E-state index < -0.39 is 0 Å². The van der Waals surface area contributed by atoms with Crippen LogP contribution in [0.1, 0.15) is 38.7 Å². The Morgan fingerprint density at radius 2 is 2.22 bits per heavy atom. The van der Waals surface area contributed by atoms with Crippen molar-refractivity contribution in [2.24, 2.45) is 5.92 Å². The summed E-state index contributed by atoms with van der Waals surface area (Å²) in [5.41, 5.74) is 2.69. The number of aromatic nitrogens is 1. The average molecular weight is 247 g/mol. The molecule has 18 heavy (non-hydrogen) atoms. The van der Waals surface area contributed by atoms with Gasteiger partial charge in [-0.1, -0.05) is 6.92 Å². The molecule has 0 saturated heterocycles. The first-order valence-electron chi connectivity index (χ1n) is 7.23. The minimum absolute atomic E-state index is 0.926. The van der Waals surface area contributed by atoms with E-state index in [1.165, 1.54) is 37.1 Å². The third-order valence-electron chi connectivity index (χ3n) is 3.52. The van der Waals surface area contributed by atoms with Crippen molar-refractivity contribution in [3.05, 3.63) is 24.0 Å². The second kappa shape index (κ2) is 6.74. The maximum atomic E-state index is 4.27. The second-order valence-electron chi connectivity index (χ2n) is 5.16. The Labute approximate surface area is 111 Å². The minimum atomic E-state index is 0.926. The lowest BCUT2D eigenvalue weighted by Crippen LogP contribution is -2.27. The van der Waals surface area contributed by atoms with Crippen molar-refractivity contribution in [2.75, 3.05) is 24.5 Å². The highest BCUT2D eigenvalue weighted by atomic mass is 15.1. The Hall–Kier alpha value is -1.09. The molecule has 2 rings (SSSR count). The zero-order chi connectivity index (χ0) is 12.8. The number of nitrogens with zero attached hydrogens (tertiary/aromatic N) is 2. The van der Waals surface area contributed by atoms with Crippen molar-refractivity contribution in [3.8, 4) is 0 Å². The summed E-state index contributed by atoms with van der Waals surface area (Å²) in [6.07, 6.45) is 7.91. The molecule has 1 aliphatic rings. The molecule has 0 spiro atoms. The number of hydrogen-bond donors (Lipinski definition) is 1. The van der Waals surface area contributed by atoms with Gasteiger partial charge in [-0.2, -0.15) is 0 Å². The molecule has 1 heterocycles. The maximum Gasteiger partial charge on any atom is 0.0442 e. The number of hydrogen-bond acceptors (Lipinski definition) is 3. The van der Waals surface area contributed by atoms with E-state index in [4.69, 9.17) is 0 Å². The number of nitrogens with one attached hydrogen (secondary N) is 1. The molecule has 1 aromatic rings. The Morgan fingerprint density at radius 3 is 2.89 bits per heavy atom. The van der Waals surface area contributed by atoms with Crippen LogP contribution in [0.15, 0.2) is 18.5 Å². The van der Waals surface area contributed by atoms with Crippen LogP contribution in [-0.2, 0) is 6.54 Å². The zero-order valence-corrected chi connectivity index (χ0v) is 11.7. The summed E-state index contributed by atoms with van der Waals surface area (Å²) in [5, 5.41) is 3.47. The van der Waals surface area contributed by atoms with Crippen LogP contribution in [0.4, 0.5) is 5.69 Å². The van der Waals surface area contributed by atoms with Crippen molar-refractivity contribution in [1.82, 2.24) is 10.3 Å². The Kier molecular flexibility index (Phi) is 5.00. The van der Waals surface area contributed by atoms with Crippen molar-refractivity contribution < 1.29 is 0 Å². The van der Waals surface area contributed by atoms with Gasteiger partial charge in [0.2, 0.25) is 0 Å². The van der Waals surface area contributed by atoms with Gasteiger partial charge < -0.3 is 10.2 Å². The quantitative estimate of drug-likeness (QED) is 0.716. The number of rotatable bonds is 8. The predicted octanol–water partition coefficient (Wildman–Crippen LogP) is 2.82. The maximum absolute atomic E-state index is 4.27. The first-order valence-corrected chi connectivity index (χ1v) is 7.23. The number of pyridine rings is 1. The van der Waals surface area contributed by atoms with Gasteiger partial charge in [0, 0.05) is 43.3 Å². The average Bonchev–Trinajstić information content (AvgIpc) is 3.21. The third-order valence-corrected chi connectivity index (χ3v) is 3.52. The third kappa shape index (κ3) is 3.70. The van der Waals surface area contributed by atoms with E-state index in [9.17, 15) is 0 Å². The van der Waals surface area contributed by atoms with Crippen LogP contribution in [0.5, 0.6) is 0 Å². The molecule has 0 aliphatic heterocycles. The highest BCUT2D eigenvalue weighted by Gasteiger charge is 2.24. The monoisotopic (exact) mass is 247 g/mol. The van der Waals surface area contributed by atoms with E-state index in [0.717, 1.165) is 25.6 Å². The van der Waals surface area contributed by atoms with Crippen LogP contribution < -0.4 is 10.2 Å². The van der Waals surface area contributed by atoms with Gasteiger partial charge in [-0.25, -0.2) is 0 Å². The fourth-order valence-electron chi connectivity index (χ4n) is 2.27. The topological polar surface area (TPSA) is 28.2 Å². The van der Waals surface area contributed by atoms with Gasteiger partial charge in [0.1, 0.15) is 0 Å². The van der Waals surface area contributed by atoms with E-state index in [1.807, 2.05) is 12.4 Å². The highest BCUT2D eigenvalue weighted by Crippen LogP contribution is 2.32.